The highest BCUT2D eigenvalue weighted by molar-refractivity contribution is 6.69. The van der Waals surface area contributed by atoms with Crippen LogP contribution in [-0.4, -0.2) is 31.8 Å². The van der Waals surface area contributed by atoms with Gasteiger partial charge in [0.1, 0.15) is 0 Å². The van der Waals surface area contributed by atoms with Crippen LogP contribution in [0.15, 0.2) is 83.4 Å². The highest BCUT2D eigenvalue weighted by atomic mass is 35.5. The maximum absolute atomic E-state index is 8.50. The number of oxime groups is 2. The van der Waals surface area contributed by atoms with Crippen molar-refractivity contribution in [3.05, 3.63) is 84.2 Å². The van der Waals surface area contributed by atoms with Gasteiger partial charge >= 0.3 is 0 Å². The van der Waals surface area contributed by atoms with Gasteiger partial charge in [0, 0.05) is 30.2 Å². The Morgan fingerprint density at radius 1 is 0.839 bits per heavy atom. The molecule has 0 aliphatic rings. The van der Waals surface area contributed by atoms with Gasteiger partial charge in [0.05, 0.1) is 17.2 Å². The molecule has 6 nitrogen and oxygen atoms in total. The fraction of sp³-hybridized carbons (Fsp3) is 0.167. The normalized spacial score (nSPS) is 10.4. The van der Waals surface area contributed by atoms with Crippen LogP contribution in [0.4, 0.5) is 0 Å². The highest BCUT2D eigenvalue weighted by Gasteiger charge is 2.01. The second-order valence-corrected chi connectivity index (χ2v) is 5.86. The molecule has 2 heterocycles. The van der Waals surface area contributed by atoms with E-state index in [2.05, 4.69) is 20.3 Å². The minimum absolute atomic E-state index is 0. The molecular weight excluding hydrogens is 412 g/mol. The van der Waals surface area contributed by atoms with E-state index in [1.807, 2.05) is 82.3 Å². The van der Waals surface area contributed by atoms with Gasteiger partial charge in [-0.1, -0.05) is 67.8 Å². The zero-order chi connectivity index (χ0) is 23.1. The van der Waals surface area contributed by atoms with Crippen molar-refractivity contribution in [3.63, 3.8) is 0 Å². The Bertz CT molecular complexity index is 1140. The van der Waals surface area contributed by atoms with Gasteiger partial charge in [0.25, 0.3) is 0 Å². The minimum Gasteiger partial charge on any atom is -0.411 e. The highest BCUT2D eigenvalue weighted by Crippen LogP contribution is 2.15. The summed E-state index contributed by atoms with van der Waals surface area (Å²) in [6, 6.07) is 18.7. The van der Waals surface area contributed by atoms with E-state index in [0.717, 1.165) is 27.4 Å². The summed E-state index contributed by atoms with van der Waals surface area (Å²) in [5, 5.41) is 24.8. The molecule has 0 radical (unpaired) electrons. The number of aromatic nitrogens is 2. The van der Waals surface area contributed by atoms with Gasteiger partial charge < -0.3 is 10.4 Å². The molecule has 31 heavy (non-hydrogen) atoms. The van der Waals surface area contributed by atoms with Crippen LogP contribution < -0.4 is 0 Å². The van der Waals surface area contributed by atoms with Crippen molar-refractivity contribution in [3.8, 4) is 0 Å². The summed E-state index contributed by atoms with van der Waals surface area (Å²) in [7, 11) is 0. The zero-order valence-corrected chi connectivity index (χ0v) is 18.8. The molecule has 0 saturated carbocycles. The van der Waals surface area contributed by atoms with E-state index in [4.69, 9.17) is 22.0 Å². The number of benzene rings is 2. The maximum atomic E-state index is 8.50. The molecule has 0 amide bonds. The van der Waals surface area contributed by atoms with Gasteiger partial charge in [0.2, 0.25) is 0 Å². The molecule has 0 spiro atoms. The Morgan fingerprint density at radius 3 is 1.94 bits per heavy atom. The number of nitrogens with zero attached hydrogens (tertiary/aromatic N) is 4. The first-order valence-corrected chi connectivity index (χ1v) is 10.3. The quantitative estimate of drug-likeness (QED) is 0.200. The Kier molecular flexibility index (Phi) is 11.9. The van der Waals surface area contributed by atoms with Crippen molar-refractivity contribution in [2.24, 2.45) is 10.3 Å². The average Bonchev–Trinajstić information content (AvgIpc) is 2.86. The molecular formula is C24H29ClN4O2. The number of pyridine rings is 2. The Morgan fingerprint density at radius 2 is 1.39 bits per heavy atom. The first kappa shape index (κ1) is 25.5. The predicted molar refractivity (Wildman–Crippen MR) is 132 cm³/mol. The van der Waals surface area contributed by atoms with Gasteiger partial charge in [-0.25, -0.2) is 0 Å². The van der Waals surface area contributed by atoms with Crippen LogP contribution >= 0.6 is 11.6 Å². The van der Waals surface area contributed by atoms with Gasteiger partial charge in [-0.05, 0) is 48.0 Å². The number of hydrogen-bond donors (Lipinski definition) is 2. The summed E-state index contributed by atoms with van der Waals surface area (Å²) in [4.78, 5) is 8.34. The summed E-state index contributed by atoms with van der Waals surface area (Å²) in [5.74, 6) is 0. The number of hydrogen-bond acceptors (Lipinski definition) is 6. The second kappa shape index (κ2) is 14.5. The number of rotatable bonds is 2. The summed E-state index contributed by atoms with van der Waals surface area (Å²) < 4.78 is 0. The summed E-state index contributed by atoms with van der Waals surface area (Å²) in [6.45, 7) is 8.00. The lowest BCUT2D eigenvalue weighted by atomic mass is 10.1. The molecule has 2 aromatic carbocycles. The van der Waals surface area contributed by atoms with Crippen molar-refractivity contribution in [1.29, 1.82) is 0 Å². The first-order chi connectivity index (χ1) is 15.2. The van der Waals surface area contributed by atoms with E-state index >= 15 is 0 Å². The standard InChI is InChI=1S/C10H7ClN2O.C10H8N2O.2C2H6.H2/c11-10(13-14)8-3-4-9-7(6-8)2-1-5-12-9;13-12-7-8-3-4-10-9(6-8)2-1-5-11-10;2*1-2;/h1-6,14H;1-7,13H;2*1-2H3;1H/i;;;;1+1. The van der Waals surface area contributed by atoms with Gasteiger partial charge in [0.15, 0.2) is 5.17 Å². The van der Waals surface area contributed by atoms with Crippen LogP contribution in [0.25, 0.3) is 21.8 Å². The molecule has 0 aliphatic heterocycles. The Labute approximate surface area is 189 Å². The lowest BCUT2D eigenvalue weighted by Gasteiger charge is -1.99. The van der Waals surface area contributed by atoms with Crippen molar-refractivity contribution in [2.75, 3.05) is 0 Å². The molecule has 0 unspecified atom stereocenters. The Balaban J connectivity index is 0.000000507. The largest absolute Gasteiger partial charge is 0.411 e. The van der Waals surface area contributed by atoms with E-state index in [9.17, 15) is 0 Å². The summed E-state index contributed by atoms with van der Waals surface area (Å²) in [5.41, 5.74) is 3.37. The van der Waals surface area contributed by atoms with Crippen molar-refractivity contribution in [1.82, 2.24) is 9.97 Å². The Hall–Kier alpha value is -3.51. The van der Waals surface area contributed by atoms with Crippen molar-refractivity contribution < 1.29 is 11.8 Å². The van der Waals surface area contributed by atoms with Crippen LogP contribution in [0, 0.1) is 0 Å². The molecule has 4 aromatic rings. The molecule has 2 aromatic heterocycles. The molecule has 0 fully saturated rings. The fourth-order valence-corrected chi connectivity index (χ4v) is 2.62. The third kappa shape index (κ3) is 7.68. The first-order valence-electron chi connectivity index (χ1n) is 9.96. The fourth-order valence-electron chi connectivity index (χ4n) is 2.50. The number of fused-ring (bicyclic) bond motifs is 2. The van der Waals surface area contributed by atoms with Crippen LogP contribution in [0.1, 0.15) is 40.2 Å². The smallest absolute Gasteiger partial charge is 0.175 e. The van der Waals surface area contributed by atoms with E-state index < -0.39 is 0 Å². The molecule has 0 atom stereocenters. The van der Waals surface area contributed by atoms with E-state index in [1.54, 1.807) is 18.5 Å². The molecule has 2 N–H and O–H groups in total. The zero-order valence-electron chi connectivity index (χ0n) is 18.1. The van der Waals surface area contributed by atoms with Crippen LogP contribution in [0.3, 0.4) is 0 Å². The SMILES string of the molecule is CC.CC.ON=C(Cl)c1ccc2ncccc2c1.ON=Cc1ccc2ncccc2c1.[2HH]. The lowest BCUT2D eigenvalue weighted by Crippen LogP contribution is -1.90. The monoisotopic (exact) mass is 441 g/mol. The van der Waals surface area contributed by atoms with Gasteiger partial charge in [-0.2, -0.15) is 0 Å². The van der Waals surface area contributed by atoms with Crippen LogP contribution in [-0.2, 0) is 0 Å². The van der Waals surface area contributed by atoms with Crippen molar-refractivity contribution >= 4 is 44.8 Å². The lowest BCUT2D eigenvalue weighted by molar-refractivity contribution is 0.321. The minimum atomic E-state index is 0. The maximum Gasteiger partial charge on any atom is 0.175 e. The van der Waals surface area contributed by atoms with Crippen LogP contribution in [0.2, 0.25) is 0 Å². The molecule has 164 valence electrons. The van der Waals surface area contributed by atoms with E-state index in [0.29, 0.717) is 5.56 Å². The molecule has 4 rings (SSSR count). The third-order valence-corrected chi connectivity index (χ3v) is 4.06. The number of halogens is 1. The molecule has 0 bridgehead atoms. The third-order valence-electron chi connectivity index (χ3n) is 3.76. The van der Waals surface area contributed by atoms with E-state index in [-0.39, 0.29) is 6.60 Å². The van der Waals surface area contributed by atoms with Gasteiger partial charge in [-0.3, -0.25) is 9.97 Å². The molecule has 0 saturated heterocycles. The molecule has 0 aliphatic carbocycles. The van der Waals surface area contributed by atoms with Crippen molar-refractivity contribution in [2.45, 2.75) is 27.7 Å². The average molecular weight is 442 g/mol. The topological polar surface area (TPSA) is 91.0 Å². The predicted octanol–water partition coefficient (Wildman–Crippen LogP) is 6.95. The second-order valence-electron chi connectivity index (χ2n) is 5.50. The summed E-state index contributed by atoms with van der Waals surface area (Å²) in [6.07, 6.45) is 4.87. The summed E-state index contributed by atoms with van der Waals surface area (Å²) >= 11 is 5.67. The molecule has 7 heteroatoms. The van der Waals surface area contributed by atoms with Gasteiger partial charge in [-0.15, -0.1) is 0 Å². The van der Waals surface area contributed by atoms with Crippen LogP contribution in [0.5, 0.6) is 0 Å². The van der Waals surface area contributed by atoms with E-state index in [1.165, 1.54) is 6.21 Å².